The summed E-state index contributed by atoms with van der Waals surface area (Å²) in [6.45, 7) is 8.09. The predicted molar refractivity (Wildman–Crippen MR) is 88.7 cm³/mol. The van der Waals surface area contributed by atoms with Crippen LogP contribution in [0.2, 0.25) is 0 Å². The van der Waals surface area contributed by atoms with Gasteiger partial charge in [-0.05, 0) is 81.3 Å². The minimum absolute atomic E-state index is 0.120. The molecule has 0 aliphatic heterocycles. The number of hydrogen-bond donors (Lipinski definition) is 1. The summed E-state index contributed by atoms with van der Waals surface area (Å²) in [4.78, 5) is 2.30. The van der Waals surface area contributed by atoms with Gasteiger partial charge in [0.25, 0.3) is 0 Å². The van der Waals surface area contributed by atoms with Crippen LogP contribution in [0.1, 0.15) is 35.2 Å². The van der Waals surface area contributed by atoms with Gasteiger partial charge in [-0.1, -0.05) is 17.8 Å². The quantitative estimate of drug-likeness (QED) is 0.835. The fourth-order valence-corrected chi connectivity index (χ4v) is 3.37. The van der Waals surface area contributed by atoms with Crippen molar-refractivity contribution in [1.29, 1.82) is 0 Å². The lowest BCUT2D eigenvalue weighted by Gasteiger charge is -2.17. The first-order chi connectivity index (χ1) is 9.92. The van der Waals surface area contributed by atoms with Gasteiger partial charge in [0.15, 0.2) is 0 Å². The molecule has 0 saturated carbocycles. The van der Waals surface area contributed by atoms with Crippen molar-refractivity contribution in [3.8, 4) is 0 Å². The van der Waals surface area contributed by atoms with Crippen molar-refractivity contribution in [2.45, 2.75) is 43.5 Å². The lowest BCUT2D eigenvalue weighted by molar-refractivity contribution is 0.594. The molecule has 0 aromatic heterocycles. The molecular weight excluding hydrogens is 281 g/mol. The lowest BCUT2D eigenvalue weighted by Crippen LogP contribution is -2.13. The first-order valence-electron chi connectivity index (χ1n) is 7.14. The maximum absolute atomic E-state index is 13.9. The van der Waals surface area contributed by atoms with Crippen LogP contribution < -0.4 is 5.32 Å². The molecule has 3 heteroatoms. The molecule has 1 unspecified atom stereocenters. The monoisotopic (exact) mass is 303 g/mol. The summed E-state index contributed by atoms with van der Waals surface area (Å²) in [7, 11) is 1.90. The van der Waals surface area contributed by atoms with E-state index in [0.717, 1.165) is 10.5 Å². The number of rotatable bonds is 4. The molecule has 2 rings (SSSR count). The van der Waals surface area contributed by atoms with Crippen molar-refractivity contribution in [2.75, 3.05) is 7.05 Å². The highest BCUT2D eigenvalue weighted by molar-refractivity contribution is 7.99. The normalized spacial score (nSPS) is 12.5. The van der Waals surface area contributed by atoms with E-state index in [9.17, 15) is 4.39 Å². The molecule has 1 atom stereocenters. The molecule has 0 spiro atoms. The third kappa shape index (κ3) is 3.66. The van der Waals surface area contributed by atoms with Gasteiger partial charge in [0.1, 0.15) is 5.82 Å². The van der Waals surface area contributed by atoms with Crippen LogP contribution in [0.3, 0.4) is 0 Å². The Balaban J connectivity index is 2.42. The Morgan fingerprint density at radius 1 is 1.00 bits per heavy atom. The molecule has 21 heavy (non-hydrogen) atoms. The van der Waals surface area contributed by atoms with Crippen LogP contribution in [0, 0.1) is 26.6 Å². The van der Waals surface area contributed by atoms with Crippen LogP contribution in [0.25, 0.3) is 0 Å². The van der Waals surface area contributed by atoms with E-state index in [0.29, 0.717) is 5.56 Å². The van der Waals surface area contributed by atoms with Gasteiger partial charge in [-0.2, -0.15) is 0 Å². The van der Waals surface area contributed by atoms with E-state index >= 15 is 0 Å². The molecule has 0 aliphatic rings. The molecule has 2 aromatic rings. The first kappa shape index (κ1) is 16.1. The van der Waals surface area contributed by atoms with E-state index in [-0.39, 0.29) is 11.9 Å². The van der Waals surface area contributed by atoms with Crippen LogP contribution >= 0.6 is 11.8 Å². The van der Waals surface area contributed by atoms with Crippen molar-refractivity contribution >= 4 is 11.8 Å². The van der Waals surface area contributed by atoms with Gasteiger partial charge >= 0.3 is 0 Å². The van der Waals surface area contributed by atoms with Gasteiger partial charge in [-0.3, -0.25) is 0 Å². The van der Waals surface area contributed by atoms with Crippen LogP contribution in [0.4, 0.5) is 4.39 Å². The molecule has 0 heterocycles. The SMILES string of the molecule is CNC(C)c1cc(F)c(C)cc1Sc1ccc(C)c(C)c1. The fourth-order valence-electron chi connectivity index (χ4n) is 2.16. The number of aryl methyl sites for hydroxylation is 3. The number of nitrogens with one attached hydrogen (secondary N) is 1. The van der Waals surface area contributed by atoms with Gasteiger partial charge in [0.05, 0.1) is 0 Å². The number of benzene rings is 2. The second kappa shape index (κ2) is 6.63. The zero-order valence-corrected chi connectivity index (χ0v) is 14.1. The highest BCUT2D eigenvalue weighted by Crippen LogP contribution is 2.35. The molecular formula is C18H22FNS. The maximum Gasteiger partial charge on any atom is 0.126 e. The Labute approximate surface area is 131 Å². The molecule has 1 N–H and O–H groups in total. The van der Waals surface area contributed by atoms with Crippen LogP contribution in [0.5, 0.6) is 0 Å². The fraction of sp³-hybridized carbons (Fsp3) is 0.333. The van der Waals surface area contributed by atoms with E-state index in [1.807, 2.05) is 20.0 Å². The molecule has 0 radical (unpaired) electrons. The van der Waals surface area contributed by atoms with Crippen LogP contribution in [-0.4, -0.2) is 7.05 Å². The van der Waals surface area contributed by atoms with E-state index in [1.54, 1.807) is 17.8 Å². The van der Waals surface area contributed by atoms with Gasteiger partial charge in [-0.15, -0.1) is 0 Å². The van der Waals surface area contributed by atoms with Crippen LogP contribution in [-0.2, 0) is 0 Å². The molecule has 0 bridgehead atoms. The second-order valence-corrected chi connectivity index (χ2v) is 6.61. The summed E-state index contributed by atoms with van der Waals surface area (Å²) in [6.07, 6.45) is 0. The summed E-state index contributed by atoms with van der Waals surface area (Å²) < 4.78 is 13.9. The smallest absolute Gasteiger partial charge is 0.126 e. The highest BCUT2D eigenvalue weighted by atomic mass is 32.2. The molecule has 112 valence electrons. The summed E-state index contributed by atoms with van der Waals surface area (Å²) in [5, 5.41) is 3.19. The van der Waals surface area contributed by atoms with Crippen molar-refractivity contribution in [1.82, 2.24) is 5.32 Å². The topological polar surface area (TPSA) is 12.0 Å². The molecule has 0 saturated heterocycles. The summed E-state index contributed by atoms with van der Waals surface area (Å²) in [6, 6.07) is 10.2. The van der Waals surface area contributed by atoms with Gasteiger partial charge in [0.2, 0.25) is 0 Å². The average molecular weight is 303 g/mol. The van der Waals surface area contributed by atoms with Crippen molar-refractivity contribution in [3.63, 3.8) is 0 Å². The van der Waals surface area contributed by atoms with Gasteiger partial charge in [0, 0.05) is 15.8 Å². The van der Waals surface area contributed by atoms with Crippen molar-refractivity contribution < 1.29 is 4.39 Å². The Morgan fingerprint density at radius 3 is 2.33 bits per heavy atom. The van der Waals surface area contributed by atoms with E-state index in [2.05, 4.69) is 44.3 Å². The first-order valence-corrected chi connectivity index (χ1v) is 7.96. The standard InChI is InChI=1S/C18H22FNS/c1-11-6-7-15(8-12(11)2)21-18-9-13(3)17(19)10-16(18)14(4)20-5/h6-10,14,20H,1-5H3. The Morgan fingerprint density at radius 2 is 1.71 bits per heavy atom. The minimum Gasteiger partial charge on any atom is -0.313 e. The molecule has 2 aromatic carbocycles. The zero-order valence-electron chi connectivity index (χ0n) is 13.3. The Kier molecular flexibility index (Phi) is 5.07. The lowest BCUT2D eigenvalue weighted by atomic mass is 10.1. The predicted octanol–water partition coefficient (Wildman–Crippen LogP) is 5.18. The number of hydrogen-bond acceptors (Lipinski definition) is 2. The van der Waals surface area contributed by atoms with E-state index in [4.69, 9.17) is 0 Å². The van der Waals surface area contributed by atoms with Gasteiger partial charge < -0.3 is 5.32 Å². The second-order valence-electron chi connectivity index (χ2n) is 5.50. The number of halogens is 1. The summed E-state index contributed by atoms with van der Waals surface area (Å²) in [5.74, 6) is -0.142. The molecule has 0 fully saturated rings. The zero-order chi connectivity index (χ0) is 15.6. The third-order valence-electron chi connectivity index (χ3n) is 3.90. The van der Waals surface area contributed by atoms with Crippen molar-refractivity contribution in [2.24, 2.45) is 0 Å². The summed E-state index contributed by atoms with van der Waals surface area (Å²) >= 11 is 1.70. The van der Waals surface area contributed by atoms with E-state index in [1.165, 1.54) is 16.0 Å². The largest absolute Gasteiger partial charge is 0.313 e. The molecule has 0 aliphatic carbocycles. The Hall–Kier alpha value is -1.32. The molecule has 1 nitrogen and oxygen atoms in total. The highest BCUT2D eigenvalue weighted by Gasteiger charge is 2.13. The minimum atomic E-state index is -0.142. The Bertz CT molecular complexity index is 652. The van der Waals surface area contributed by atoms with Crippen molar-refractivity contribution in [3.05, 3.63) is 58.4 Å². The molecule has 0 amide bonds. The summed E-state index contributed by atoms with van der Waals surface area (Å²) in [5.41, 5.74) is 4.26. The van der Waals surface area contributed by atoms with E-state index < -0.39 is 0 Å². The third-order valence-corrected chi connectivity index (χ3v) is 4.96. The van der Waals surface area contributed by atoms with Crippen LogP contribution in [0.15, 0.2) is 40.1 Å². The van der Waals surface area contributed by atoms with Gasteiger partial charge in [-0.25, -0.2) is 4.39 Å². The average Bonchev–Trinajstić information content (AvgIpc) is 2.45. The maximum atomic E-state index is 13.9.